The first kappa shape index (κ1) is 14.5. The molecular formula is C14H22N2O2. The van der Waals surface area contributed by atoms with E-state index in [1.54, 1.807) is 0 Å². The largest absolute Gasteiger partial charge is 0.491 e. The summed E-state index contributed by atoms with van der Waals surface area (Å²) in [5.74, 6) is 0.938. The van der Waals surface area contributed by atoms with Crippen LogP contribution >= 0.6 is 0 Å². The van der Waals surface area contributed by atoms with Gasteiger partial charge in [-0.25, -0.2) is 0 Å². The SMILES string of the molecule is CCC(N)C(=O)Nc1ccccc1OCC(C)C. The fourth-order valence-electron chi connectivity index (χ4n) is 1.36. The molecule has 0 saturated heterocycles. The van der Waals surface area contributed by atoms with Gasteiger partial charge in [0, 0.05) is 0 Å². The van der Waals surface area contributed by atoms with Crippen LogP contribution < -0.4 is 15.8 Å². The normalized spacial score (nSPS) is 12.3. The van der Waals surface area contributed by atoms with Crippen LogP contribution in [0.4, 0.5) is 5.69 Å². The monoisotopic (exact) mass is 250 g/mol. The van der Waals surface area contributed by atoms with E-state index in [1.807, 2.05) is 31.2 Å². The molecule has 1 atom stereocenters. The highest BCUT2D eigenvalue weighted by atomic mass is 16.5. The molecule has 1 aromatic rings. The summed E-state index contributed by atoms with van der Waals surface area (Å²) in [5, 5.41) is 2.80. The minimum absolute atomic E-state index is 0.182. The lowest BCUT2D eigenvalue weighted by molar-refractivity contribution is -0.117. The van der Waals surface area contributed by atoms with Crippen molar-refractivity contribution in [2.75, 3.05) is 11.9 Å². The second kappa shape index (κ2) is 7.01. The van der Waals surface area contributed by atoms with Gasteiger partial charge in [0.2, 0.25) is 5.91 Å². The van der Waals surface area contributed by atoms with Crippen LogP contribution in [0.25, 0.3) is 0 Å². The summed E-state index contributed by atoms with van der Waals surface area (Å²) < 4.78 is 5.66. The Hall–Kier alpha value is -1.55. The Morgan fingerprint density at radius 1 is 1.39 bits per heavy atom. The van der Waals surface area contributed by atoms with E-state index in [0.29, 0.717) is 30.4 Å². The first-order valence-corrected chi connectivity index (χ1v) is 6.32. The molecule has 1 rings (SSSR count). The van der Waals surface area contributed by atoms with E-state index in [4.69, 9.17) is 10.5 Å². The Morgan fingerprint density at radius 3 is 2.67 bits per heavy atom. The topological polar surface area (TPSA) is 64.4 Å². The molecule has 0 fully saturated rings. The molecule has 1 amide bonds. The summed E-state index contributed by atoms with van der Waals surface area (Å²) >= 11 is 0. The summed E-state index contributed by atoms with van der Waals surface area (Å²) in [4.78, 5) is 11.7. The first-order chi connectivity index (χ1) is 8.54. The van der Waals surface area contributed by atoms with Gasteiger partial charge in [-0.1, -0.05) is 32.9 Å². The molecule has 0 radical (unpaired) electrons. The maximum absolute atomic E-state index is 11.7. The number of carbonyl (C=O) groups is 1. The van der Waals surface area contributed by atoms with Crippen molar-refractivity contribution in [2.45, 2.75) is 33.2 Å². The van der Waals surface area contributed by atoms with Gasteiger partial charge in [0.05, 0.1) is 18.3 Å². The van der Waals surface area contributed by atoms with Crippen LogP contribution in [-0.2, 0) is 4.79 Å². The fraction of sp³-hybridized carbons (Fsp3) is 0.500. The number of hydrogen-bond donors (Lipinski definition) is 2. The number of ether oxygens (including phenoxy) is 1. The Kier molecular flexibility index (Phi) is 5.65. The summed E-state index contributed by atoms with van der Waals surface area (Å²) in [7, 11) is 0. The zero-order valence-electron chi connectivity index (χ0n) is 11.3. The second-order valence-electron chi connectivity index (χ2n) is 4.71. The zero-order valence-corrected chi connectivity index (χ0v) is 11.3. The summed E-state index contributed by atoms with van der Waals surface area (Å²) in [6, 6.07) is 6.91. The van der Waals surface area contributed by atoms with Gasteiger partial charge in [0.25, 0.3) is 0 Å². The van der Waals surface area contributed by atoms with Gasteiger partial charge in [-0.05, 0) is 24.5 Å². The molecule has 18 heavy (non-hydrogen) atoms. The zero-order chi connectivity index (χ0) is 13.5. The molecule has 1 aromatic carbocycles. The maximum Gasteiger partial charge on any atom is 0.241 e. The second-order valence-corrected chi connectivity index (χ2v) is 4.71. The van der Waals surface area contributed by atoms with E-state index in [9.17, 15) is 4.79 Å². The predicted molar refractivity (Wildman–Crippen MR) is 73.7 cm³/mol. The molecule has 0 aliphatic heterocycles. The van der Waals surface area contributed by atoms with Gasteiger partial charge >= 0.3 is 0 Å². The number of hydrogen-bond acceptors (Lipinski definition) is 3. The van der Waals surface area contributed by atoms with Gasteiger partial charge < -0.3 is 15.8 Å². The molecule has 0 spiro atoms. The highest BCUT2D eigenvalue weighted by Crippen LogP contribution is 2.24. The lowest BCUT2D eigenvalue weighted by Gasteiger charge is -2.15. The van der Waals surface area contributed by atoms with Crippen LogP contribution in [0.3, 0.4) is 0 Å². The highest BCUT2D eigenvalue weighted by molar-refractivity contribution is 5.95. The number of carbonyl (C=O) groups excluding carboxylic acids is 1. The third-order valence-corrected chi connectivity index (χ3v) is 2.49. The molecule has 0 saturated carbocycles. The third kappa shape index (κ3) is 4.37. The number of para-hydroxylation sites is 2. The van der Waals surface area contributed by atoms with E-state index >= 15 is 0 Å². The number of amides is 1. The molecule has 0 bridgehead atoms. The number of nitrogens with one attached hydrogen (secondary N) is 1. The Balaban J connectivity index is 2.72. The number of rotatable bonds is 6. The van der Waals surface area contributed by atoms with Crippen molar-refractivity contribution in [3.05, 3.63) is 24.3 Å². The molecule has 0 aliphatic carbocycles. The molecular weight excluding hydrogens is 228 g/mol. The molecule has 0 aromatic heterocycles. The summed E-state index contributed by atoms with van der Waals surface area (Å²) in [6.45, 7) is 6.65. The van der Waals surface area contributed by atoms with Crippen molar-refractivity contribution >= 4 is 11.6 Å². The van der Waals surface area contributed by atoms with Gasteiger partial charge in [-0.15, -0.1) is 0 Å². The van der Waals surface area contributed by atoms with Gasteiger partial charge in [-0.3, -0.25) is 4.79 Å². The molecule has 0 aliphatic rings. The summed E-state index contributed by atoms with van der Waals surface area (Å²) in [5.41, 5.74) is 6.36. The lowest BCUT2D eigenvalue weighted by atomic mass is 10.2. The number of nitrogens with two attached hydrogens (primary N) is 1. The average molecular weight is 250 g/mol. The standard InChI is InChI=1S/C14H22N2O2/c1-4-11(15)14(17)16-12-7-5-6-8-13(12)18-9-10(2)3/h5-8,10-11H,4,9,15H2,1-3H3,(H,16,17). The van der Waals surface area contributed by atoms with Crippen molar-refractivity contribution < 1.29 is 9.53 Å². The van der Waals surface area contributed by atoms with E-state index in [0.717, 1.165) is 0 Å². The van der Waals surface area contributed by atoms with Crippen LogP contribution in [-0.4, -0.2) is 18.6 Å². The predicted octanol–water partition coefficient (Wildman–Crippen LogP) is 2.40. The number of anilines is 1. The molecule has 0 heterocycles. The Bertz CT molecular complexity index is 391. The van der Waals surface area contributed by atoms with E-state index in [1.165, 1.54) is 0 Å². The van der Waals surface area contributed by atoms with Crippen LogP contribution in [0, 0.1) is 5.92 Å². The minimum Gasteiger partial charge on any atom is -0.491 e. The molecule has 4 nitrogen and oxygen atoms in total. The first-order valence-electron chi connectivity index (χ1n) is 6.32. The molecule has 1 unspecified atom stereocenters. The highest BCUT2D eigenvalue weighted by Gasteiger charge is 2.13. The van der Waals surface area contributed by atoms with Crippen molar-refractivity contribution in [2.24, 2.45) is 11.7 Å². The quantitative estimate of drug-likeness (QED) is 0.814. The van der Waals surface area contributed by atoms with Crippen molar-refractivity contribution in [1.82, 2.24) is 0 Å². The van der Waals surface area contributed by atoms with Gasteiger partial charge in [-0.2, -0.15) is 0 Å². The van der Waals surface area contributed by atoms with Crippen molar-refractivity contribution in [3.63, 3.8) is 0 Å². The van der Waals surface area contributed by atoms with Crippen molar-refractivity contribution in [3.8, 4) is 5.75 Å². The van der Waals surface area contributed by atoms with E-state index in [2.05, 4.69) is 19.2 Å². The lowest BCUT2D eigenvalue weighted by Crippen LogP contribution is -2.34. The minimum atomic E-state index is -0.483. The fourth-order valence-corrected chi connectivity index (χ4v) is 1.36. The molecule has 3 N–H and O–H groups in total. The van der Waals surface area contributed by atoms with Crippen LogP contribution in [0.5, 0.6) is 5.75 Å². The van der Waals surface area contributed by atoms with Gasteiger partial charge in [0.1, 0.15) is 5.75 Å². The van der Waals surface area contributed by atoms with Crippen LogP contribution in [0.15, 0.2) is 24.3 Å². The average Bonchev–Trinajstić information content (AvgIpc) is 2.36. The summed E-state index contributed by atoms with van der Waals surface area (Å²) in [6.07, 6.45) is 0.612. The van der Waals surface area contributed by atoms with Gasteiger partial charge in [0.15, 0.2) is 0 Å². The Labute approximate surface area is 109 Å². The van der Waals surface area contributed by atoms with E-state index < -0.39 is 6.04 Å². The molecule has 4 heteroatoms. The van der Waals surface area contributed by atoms with Crippen molar-refractivity contribution in [1.29, 1.82) is 0 Å². The molecule has 100 valence electrons. The maximum atomic E-state index is 11.7. The van der Waals surface area contributed by atoms with Crippen LogP contribution in [0.1, 0.15) is 27.2 Å². The third-order valence-electron chi connectivity index (χ3n) is 2.49. The van der Waals surface area contributed by atoms with Crippen LogP contribution in [0.2, 0.25) is 0 Å². The van der Waals surface area contributed by atoms with E-state index in [-0.39, 0.29) is 5.91 Å². The number of benzene rings is 1. The Morgan fingerprint density at radius 2 is 2.06 bits per heavy atom. The smallest absolute Gasteiger partial charge is 0.241 e.